The molecule has 27 heavy (non-hydrogen) atoms. The number of carbonyl (C=O) groups is 1. The second-order valence-corrected chi connectivity index (χ2v) is 6.59. The fourth-order valence-corrected chi connectivity index (χ4v) is 3.24. The Hall–Kier alpha value is -3.07. The molecule has 9 heteroatoms. The highest BCUT2D eigenvalue weighted by Gasteiger charge is 2.18. The molecule has 2 N–H and O–H groups in total. The van der Waals surface area contributed by atoms with Gasteiger partial charge in [0, 0.05) is 13.1 Å². The molecule has 1 aromatic carbocycles. The SMILES string of the molecule is O=C(NCc1ccccc1Cn1cncn1)c1ncn(C2CCCNC2)n1. The van der Waals surface area contributed by atoms with Crippen LogP contribution < -0.4 is 10.6 Å². The summed E-state index contributed by atoms with van der Waals surface area (Å²) in [6.07, 6.45) is 6.98. The Morgan fingerprint density at radius 2 is 2.15 bits per heavy atom. The normalized spacial score (nSPS) is 17.0. The van der Waals surface area contributed by atoms with Gasteiger partial charge in [0.05, 0.1) is 12.6 Å². The Labute approximate surface area is 156 Å². The van der Waals surface area contributed by atoms with E-state index in [0.29, 0.717) is 13.1 Å². The van der Waals surface area contributed by atoms with E-state index in [2.05, 4.69) is 30.8 Å². The molecule has 1 aliphatic rings. The minimum atomic E-state index is -0.270. The van der Waals surface area contributed by atoms with Crippen molar-refractivity contribution in [3.05, 3.63) is 60.2 Å². The maximum atomic E-state index is 12.4. The monoisotopic (exact) mass is 366 g/mol. The van der Waals surface area contributed by atoms with Gasteiger partial charge in [0.2, 0.25) is 5.82 Å². The average molecular weight is 366 g/mol. The molecule has 140 valence electrons. The average Bonchev–Trinajstić information content (AvgIpc) is 3.40. The van der Waals surface area contributed by atoms with Crippen LogP contribution in [-0.2, 0) is 13.1 Å². The third-order valence-electron chi connectivity index (χ3n) is 4.71. The fraction of sp³-hybridized carbons (Fsp3) is 0.389. The maximum absolute atomic E-state index is 12.4. The predicted octanol–water partition coefficient (Wildman–Crippen LogP) is 0.772. The van der Waals surface area contributed by atoms with Gasteiger partial charge in [-0.2, -0.15) is 5.10 Å². The summed E-state index contributed by atoms with van der Waals surface area (Å²) in [6, 6.07) is 8.20. The number of carbonyl (C=O) groups excluding carboxylic acids is 1. The molecule has 2 aromatic heterocycles. The van der Waals surface area contributed by atoms with E-state index in [0.717, 1.165) is 37.1 Å². The molecule has 1 saturated heterocycles. The van der Waals surface area contributed by atoms with Crippen molar-refractivity contribution in [2.75, 3.05) is 13.1 Å². The summed E-state index contributed by atoms with van der Waals surface area (Å²) in [5.41, 5.74) is 2.10. The van der Waals surface area contributed by atoms with Crippen molar-refractivity contribution in [2.45, 2.75) is 32.0 Å². The summed E-state index contributed by atoms with van der Waals surface area (Å²) in [5, 5.41) is 14.7. The van der Waals surface area contributed by atoms with Crippen molar-refractivity contribution < 1.29 is 4.79 Å². The van der Waals surface area contributed by atoms with Crippen LogP contribution in [0.1, 0.15) is 40.6 Å². The van der Waals surface area contributed by atoms with Crippen molar-refractivity contribution >= 4 is 5.91 Å². The second kappa shape index (κ2) is 8.09. The number of aromatic nitrogens is 6. The highest BCUT2D eigenvalue weighted by molar-refractivity contribution is 5.90. The van der Waals surface area contributed by atoms with Gasteiger partial charge >= 0.3 is 0 Å². The number of hydrogen-bond donors (Lipinski definition) is 2. The maximum Gasteiger partial charge on any atom is 0.291 e. The summed E-state index contributed by atoms with van der Waals surface area (Å²) in [4.78, 5) is 20.6. The van der Waals surface area contributed by atoms with E-state index in [-0.39, 0.29) is 17.8 Å². The highest BCUT2D eigenvalue weighted by Crippen LogP contribution is 2.15. The number of nitrogens with one attached hydrogen (secondary N) is 2. The number of benzene rings is 1. The van der Waals surface area contributed by atoms with E-state index in [9.17, 15) is 4.79 Å². The molecule has 0 aliphatic carbocycles. The fourth-order valence-electron chi connectivity index (χ4n) is 3.24. The van der Waals surface area contributed by atoms with Crippen LogP contribution in [0.2, 0.25) is 0 Å². The van der Waals surface area contributed by atoms with Crippen molar-refractivity contribution in [3.8, 4) is 0 Å². The molecular weight excluding hydrogens is 344 g/mol. The van der Waals surface area contributed by atoms with Crippen molar-refractivity contribution in [3.63, 3.8) is 0 Å². The van der Waals surface area contributed by atoms with Gasteiger partial charge in [-0.05, 0) is 30.5 Å². The Morgan fingerprint density at radius 1 is 1.26 bits per heavy atom. The first-order chi connectivity index (χ1) is 13.3. The van der Waals surface area contributed by atoms with Gasteiger partial charge < -0.3 is 10.6 Å². The van der Waals surface area contributed by atoms with E-state index < -0.39 is 0 Å². The van der Waals surface area contributed by atoms with Gasteiger partial charge in [-0.15, -0.1) is 5.10 Å². The Kier molecular flexibility index (Phi) is 5.20. The van der Waals surface area contributed by atoms with Crippen LogP contribution in [0.5, 0.6) is 0 Å². The molecule has 3 aromatic rings. The lowest BCUT2D eigenvalue weighted by molar-refractivity contribution is 0.0939. The summed E-state index contributed by atoms with van der Waals surface area (Å²) in [6.45, 7) is 2.91. The Balaban J connectivity index is 1.39. The van der Waals surface area contributed by atoms with Crippen LogP contribution >= 0.6 is 0 Å². The highest BCUT2D eigenvalue weighted by atomic mass is 16.2. The second-order valence-electron chi connectivity index (χ2n) is 6.59. The molecule has 1 fully saturated rings. The first-order valence-electron chi connectivity index (χ1n) is 9.09. The molecule has 0 bridgehead atoms. The molecule has 3 heterocycles. The quantitative estimate of drug-likeness (QED) is 0.668. The van der Waals surface area contributed by atoms with Gasteiger partial charge in [-0.25, -0.2) is 19.3 Å². The zero-order chi connectivity index (χ0) is 18.5. The molecule has 1 aliphatic heterocycles. The summed E-state index contributed by atoms with van der Waals surface area (Å²) in [7, 11) is 0. The van der Waals surface area contributed by atoms with E-state index in [1.165, 1.54) is 6.33 Å². The van der Waals surface area contributed by atoms with Gasteiger partial charge in [0.1, 0.15) is 19.0 Å². The number of hydrogen-bond acceptors (Lipinski definition) is 6. The van der Waals surface area contributed by atoms with Gasteiger partial charge in [0.25, 0.3) is 5.91 Å². The van der Waals surface area contributed by atoms with E-state index in [1.807, 2.05) is 24.3 Å². The predicted molar refractivity (Wildman–Crippen MR) is 97.9 cm³/mol. The Bertz CT molecular complexity index is 882. The molecule has 1 amide bonds. The minimum Gasteiger partial charge on any atom is -0.345 e. The van der Waals surface area contributed by atoms with Gasteiger partial charge in [0.15, 0.2) is 0 Å². The topological polar surface area (TPSA) is 103 Å². The van der Waals surface area contributed by atoms with Gasteiger partial charge in [-0.1, -0.05) is 24.3 Å². The third kappa shape index (κ3) is 4.20. The lowest BCUT2D eigenvalue weighted by Crippen LogP contribution is -2.32. The van der Waals surface area contributed by atoms with Crippen molar-refractivity contribution in [1.82, 2.24) is 40.2 Å². The molecule has 0 radical (unpaired) electrons. The molecular formula is C18H22N8O. The number of rotatable bonds is 6. The first kappa shape index (κ1) is 17.3. The largest absolute Gasteiger partial charge is 0.345 e. The third-order valence-corrected chi connectivity index (χ3v) is 4.71. The first-order valence-corrected chi connectivity index (χ1v) is 9.09. The standard InChI is InChI=1S/C18H22N8O/c27-18(17-22-13-26(24-17)16-6-3-7-19-9-16)21-8-14-4-1-2-5-15(14)10-25-12-20-11-23-25/h1-2,4-5,11-13,16,19H,3,6-10H2,(H,21,27). The zero-order valence-electron chi connectivity index (χ0n) is 15.0. The van der Waals surface area contributed by atoms with E-state index >= 15 is 0 Å². The van der Waals surface area contributed by atoms with Crippen LogP contribution in [0.15, 0.2) is 43.2 Å². The summed E-state index contributed by atoms with van der Waals surface area (Å²) >= 11 is 0. The number of amides is 1. The smallest absolute Gasteiger partial charge is 0.291 e. The minimum absolute atomic E-state index is 0.203. The van der Waals surface area contributed by atoms with Crippen LogP contribution in [-0.4, -0.2) is 48.5 Å². The molecule has 0 spiro atoms. The van der Waals surface area contributed by atoms with Crippen molar-refractivity contribution in [2.24, 2.45) is 0 Å². The summed E-state index contributed by atoms with van der Waals surface area (Å²) < 4.78 is 3.54. The van der Waals surface area contributed by atoms with E-state index in [1.54, 1.807) is 22.0 Å². The molecule has 9 nitrogen and oxygen atoms in total. The van der Waals surface area contributed by atoms with E-state index in [4.69, 9.17) is 0 Å². The molecule has 0 saturated carbocycles. The zero-order valence-corrected chi connectivity index (χ0v) is 15.0. The number of piperidine rings is 1. The molecule has 1 unspecified atom stereocenters. The number of nitrogens with zero attached hydrogens (tertiary/aromatic N) is 6. The lowest BCUT2D eigenvalue weighted by atomic mass is 10.1. The Morgan fingerprint density at radius 3 is 2.93 bits per heavy atom. The molecule has 1 atom stereocenters. The van der Waals surface area contributed by atoms with Crippen LogP contribution in [0.4, 0.5) is 0 Å². The van der Waals surface area contributed by atoms with Crippen molar-refractivity contribution in [1.29, 1.82) is 0 Å². The van der Waals surface area contributed by atoms with Gasteiger partial charge in [-0.3, -0.25) is 4.79 Å². The van der Waals surface area contributed by atoms with Crippen LogP contribution in [0, 0.1) is 0 Å². The van der Waals surface area contributed by atoms with Crippen LogP contribution in [0.3, 0.4) is 0 Å². The molecule has 4 rings (SSSR count). The van der Waals surface area contributed by atoms with Crippen LogP contribution in [0.25, 0.3) is 0 Å². The summed E-state index contributed by atoms with van der Waals surface area (Å²) in [5.74, 6) is -0.0672. The lowest BCUT2D eigenvalue weighted by Gasteiger charge is -2.22.